The lowest BCUT2D eigenvalue weighted by molar-refractivity contribution is -0.387. The lowest BCUT2D eigenvalue weighted by Gasteiger charge is -2.04. The first kappa shape index (κ1) is 14.7. The number of hydrogen-bond acceptors (Lipinski definition) is 4. The van der Waals surface area contributed by atoms with Crippen LogP contribution in [0.4, 0.5) is 15.8 Å². The van der Waals surface area contributed by atoms with Gasteiger partial charge in [0.2, 0.25) is 5.82 Å². The van der Waals surface area contributed by atoms with E-state index in [0.717, 1.165) is 17.5 Å². The number of benzene rings is 2. The molecule has 23 heavy (non-hydrogen) atoms. The first-order chi connectivity index (χ1) is 11.0. The number of hydrogen-bond donors (Lipinski definition) is 1. The van der Waals surface area contributed by atoms with Crippen LogP contribution in [0.3, 0.4) is 0 Å². The predicted octanol–water partition coefficient (Wildman–Crippen LogP) is 4.04. The number of rotatable bonds is 3. The summed E-state index contributed by atoms with van der Waals surface area (Å²) in [5.41, 5.74) is 0.641. The molecule has 6 nitrogen and oxygen atoms in total. The summed E-state index contributed by atoms with van der Waals surface area (Å²) in [5, 5.41) is 14.0. The molecule has 0 aliphatic carbocycles. The Morgan fingerprint density at radius 3 is 2.70 bits per heavy atom. The quantitative estimate of drug-likeness (QED) is 0.584. The van der Waals surface area contributed by atoms with Gasteiger partial charge < -0.3 is 9.73 Å². The third-order valence-corrected chi connectivity index (χ3v) is 3.45. The SMILES string of the molecule is Cc1c(C(=O)Nc2ccc(F)c([N+](=O)[O-])c2)oc2ccccc12. The topological polar surface area (TPSA) is 85.4 Å². The number of amides is 1. The van der Waals surface area contributed by atoms with Crippen LogP contribution in [0.15, 0.2) is 46.9 Å². The average molecular weight is 314 g/mol. The molecule has 0 fully saturated rings. The Morgan fingerprint density at radius 1 is 1.26 bits per heavy atom. The van der Waals surface area contributed by atoms with Crippen molar-refractivity contribution in [3.63, 3.8) is 0 Å². The van der Waals surface area contributed by atoms with Gasteiger partial charge in [-0.05, 0) is 25.1 Å². The van der Waals surface area contributed by atoms with Crippen molar-refractivity contribution >= 4 is 28.3 Å². The first-order valence-electron chi connectivity index (χ1n) is 6.71. The van der Waals surface area contributed by atoms with Gasteiger partial charge in [-0.1, -0.05) is 18.2 Å². The highest BCUT2D eigenvalue weighted by Gasteiger charge is 2.19. The lowest BCUT2D eigenvalue weighted by atomic mass is 10.1. The number of nitro groups is 1. The third-order valence-electron chi connectivity index (χ3n) is 3.45. The Kier molecular flexibility index (Phi) is 3.53. The van der Waals surface area contributed by atoms with E-state index in [1.807, 2.05) is 12.1 Å². The van der Waals surface area contributed by atoms with Crippen LogP contribution in [0.2, 0.25) is 0 Å². The summed E-state index contributed by atoms with van der Waals surface area (Å²) in [5.74, 6) is -1.41. The second kappa shape index (κ2) is 5.53. The fourth-order valence-electron chi connectivity index (χ4n) is 2.31. The molecule has 1 aromatic heterocycles. The zero-order valence-corrected chi connectivity index (χ0v) is 12.0. The van der Waals surface area contributed by atoms with E-state index in [0.29, 0.717) is 11.1 Å². The highest BCUT2D eigenvalue weighted by Crippen LogP contribution is 2.27. The van der Waals surface area contributed by atoms with E-state index < -0.39 is 22.3 Å². The van der Waals surface area contributed by atoms with Crippen LogP contribution < -0.4 is 5.32 Å². The molecule has 0 saturated carbocycles. The maximum absolute atomic E-state index is 13.3. The number of nitro benzene ring substituents is 1. The van der Waals surface area contributed by atoms with E-state index in [-0.39, 0.29) is 11.4 Å². The largest absolute Gasteiger partial charge is 0.451 e. The summed E-state index contributed by atoms with van der Waals surface area (Å²) in [7, 11) is 0. The maximum Gasteiger partial charge on any atom is 0.306 e. The molecule has 0 saturated heterocycles. The minimum absolute atomic E-state index is 0.109. The maximum atomic E-state index is 13.3. The van der Waals surface area contributed by atoms with Gasteiger partial charge in [0.1, 0.15) is 5.58 Å². The molecule has 1 heterocycles. The minimum Gasteiger partial charge on any atom is -0.451 e. The van der Waals surface area contributed by atoms with Crippen LogP contribution in [0.25, 0.3) is 11.0 Å². The van der Waals surface area contributed by atoms with E-state index in [1.54, 1.807) is 19.1 Å². The van der Waals surface area contributed by atoms with Crippen molar-refractivity contribution in [2.75, 3.05) is 5.32 Å². The van der Waals surface area contributed by atoms with E-state index in [2.05, 4.69) is 5.32 Å². The first-order valence-corrected chi connectivity index (χ1v) is 6.71. The third kappa shape index (κ3) is 2.64. The molecule has 0 unspecified atom stereocenters. The van der Waals surface area contributed by atoms with Crippen molar-refractivity contribution < 1.29 is 18.5 Å². The van der Waals surface area contributed by atoms with E-state index in [9.17, 15) is 19.3 Å². The summed E-state index contributed by atoms with van der Waals surface area (Å²) in [4.78, 5) is 22.2. The van der Waals surface area contributed by atoms with E-state index in [1.165, 1.54) is 6.07 Å². The van der Waals surface area contributed by atoms with Crippen molar-refractivity contribution in [1.29, 1.82) is 0 Å². The number of furan rings is 1. The van der Waals surface area contributed by atoms with Gasteiger partial charge in [-0.15, -0.1) is 0 Å². The highest BCUT2D eigenvalue weighted by atomic mass is 19.1. The van der Waals surface area contributed by atoms with Crippen LogP contribution in [-0.2, 0) is 0 Å². The molecule has 2 aromatic carbocycles. The van der Waals surface area contributed by atoms with Crippen LogP contribution >= 0.6 is 0 Å². The van der Waals surface area contributed by atoms with Crippen LogP contribution in [-0.4, -0.2) is 10.8 Å². The van der Waals surface area contributed by atoms with E-state index >= 15 is 0 Å². The van der Waals surface area contributed by atoms with Gasteiger partial charge in [-0.3, -0.25) is 14.9 Å². The number of nitrogens with one attached hydrogen (secondary N) is 1. The van der Waals surface area contributed by atoms with Crippen molar-refractivity contribution in [2.24, 2.45) is 0 Å². The van der Waals surface area contributed by atoms with Gasteiger partial charge in [0.15, 0.2) is 5.76 Å². The molecule has 0 aliphatic rings. The normalized spacial score (nSPS) is 10.7. The number of carbonyl (C=O) groups excluding carboxylic acids is 1. The Bertz CT molecular complexity index is 933. The van der Waals surface area contributed by atoms with Gasteiger partial charge in [0.05, 0.1) is 4.92 Å². The Hall–Kier alpha value is -3.22. The van der Waals surface area contributed by atoms with Crippen LogP contribution in [0.1, 0.15) is 16.1 Å². The number of anilines is 1. The summed E-state index contributed by atoms with van der Waals surface area (Å²) in [6.07, 6.45) is 0. The lowest BCUT2D eigenvalue weighted by Crippen LogP contribution is -2.12. The van der Waals surface area contributed by atoms with Crippen molar-refractivity contribution in [3.8, 4) is 0 Å². The number of nitrogens with zero attached hydrogens (tertiary/aromatic N) is 1. The molecule has 0 spiro atoms. The second-order valence-electron chi connectivity index (χ2n) is 4.93. The molecule has 3 rings (SSSR count). The monoisotopic (exact) mass is 314 g/mol. The molecule has 1 amide bonds. The van der Waals surface area contributed by atoms with Gasteiger partial charge in [-0.25, -0.2) is 0 Å². The molecule has 116 valence electrons. The number of halogens is 1. The highest BCUT2D eigenvalue weighted by molar-refractivity contribution is 6.06. The fraction of sp³-hybridized carbons (Fsp3) is 0.0625. The molecule has 0 radical (unpaired) electrons. The summed E-state index contributed by atoms with van der Waals surface area (Å²) >= 11 is 0. The molecule has 0 aliphatic heterocycles. The smallest absolute Gasteiger partial charge is 0.306 e. The van der Waals surface area contributed by atoms with Gasteiger partial charge in [-0.2, -0.15) is 4.39 Å². The number of aryl methyl sites for hydroxylation is 1. The average Bonchev–Trinajstić information content (AvgIpc) is 2.86. The summed E-state index contributed by atoms with van der Waals surface area (Å²) < 4.78 is 18.8. The van der Waals surface area contributed by atoms with Gasteiger partial charge in [0.25, 0.3) is 5.91 Å². The van der Waals surface area contributed by atoms with Crippen molar-refractivity contribution in [3.05, 3.63) is 69.7 Å². The van der Waals surface area contributed by atoms with Crippen LogP contribution in [0.5, 0.6) is 0 Å². The molecule has 0 atom stereocenters. The molecular formula is C16H11FN2O4. The van der Waals surface area contributed by atoms with Crippen LogP contribution in [0, 0.1) is 22.9 Å². The minimum atomic E-state index is -0.965. The van der Waals surface area contributed by atoms with E-state index in [4.69, 9.17) is 4.42 Å². The standard InChI is InChI=1S/C16H11FN2O4/c1-9-11-4-2-3-5-14(11)23-15(9)16(20)18-10-6-7-12(17)13(8-10)19(21)22/h2-8H,1H3,(H,18,20). The number of carbonyl (C=O) groups is 1. The fourth-order valence-corrected chi connectivity index (χ4v) is 2.31. The molecule has 1 N–H and O–H groups in total. The Balaban J connectivity index is 1.93. The summed E-state index contributed by atoms with van der Waals surface area (Å²) in [6.45, 7) is 1.74. The number of para-hydroxylation sites is 1. The molecule has 7 heteroatoms. The Labute approximate surface area is 129 Å². The van der Waals surface area contributed by atoms with Gasteiger partial charge >= 0.3 is 5.69 Å². The Morgan fingerprint density at radius 2 is 2.00 bits per heavy atom. The van der Waals surface area contributed by atoms with Crippen molar-refractivity contribution in [1.82, 2.24) is 0 Å². The van der Waals surface area contributed by atoms with Crippen molar-refractivity contribution in [2.45, 2.75) is 6.92 Å². The number of fused-ring (bicyclic) bond motifs is 1. The second-order valence-corrected chi connectivity index (χ2v) is 4.93. The zero-order chi connectivity index (χ0) is 16.6. The predicted molar refractivity (Wildman–Crippen MR) is 82.0 cm³/mol. The molecule has 3 aromatic rings. The summed E-state index contributed by atoms with van der Waals surface area (Å²) in [6, 6.07) is 10.3. The molecular weight excluding hydrogens is 303 g/mol. The zero-order valence-electron chi connectivity index (χ0n) is 12.0. The van der Waals surface area contributed by atoms with Gasteiger partial charge in [0, 0.05) is 22.7 Å². The molecule has 0 bridgehead atoms.